The standard InChI is InChI=1S/C9H8N4O3S/c1-4-3-6(15)7(5(2)14)8(16)13(4)9-10-11-12-17-9/h3,15H,1-2H3. The number of carbonyl (C=O) groups is 1. The van der Waals surface area contributed by atoms with Crippen molar-refractivity contribution < 1.29 is 9.90 Å². The minimum atomic E-state index is -0.617. The lowest BCUT2D eigenvalue weighted by molar-refractivity contribution is 0.101. The van der Waals surface area contributed by atoms with E-state index in [9.17, 15) is 14.7 Å². The van der Waals surface area contributed by atoms with E-state index >= 15 is 0 Å². The quantitative estimate of drug-likeness (QED) is 0.772. The highest BCUT2D eigenvalue weighted by Crippen LogP contribution is 2.17. The van der Waals surface area contributed by atoms with Crippen molar-refractivity contribution in [3.63, 3.8) is 0 Å². The van der Waals surface area contributed by atoms with Crippen LogP contribution in [0.2, 0.25) is 0 Å². The fraction of sp³-hybridized carbons (Fsp3) is 0.222. The fourth-order valence-electron chi connectivity index (χ4n) is 1.50. The average molecular weight is 252 g/mol. The maximum atomic E-state index is 12.0. The van der Waals surface area contributed by atoms with Crippen LogP contribution in [-0.2, 0) is 0 Å². The molecule has 7 nitrogen and oxygen atoms in total. The van der Waals surface area contributed by atoms with Gasteiger partial charge in [0.25, 0.3) is 5.56 Å². The molecule has 0 aliphatic rings. The van der Waals surface area contributed by atoms with Gasteiger partial charge in [0.1, 0.15) is 11.3 Å². The molecule has 0 saturated carbocycles. The van der Waals surface area contributed by atoms with E-state index in [1.54, 1.807) is 6.92 Å². The van der Waals surface area contributed by atoms with Crippen molar-refractivity contribution in [2.75, 3.05) is 0 Å². The van der Waals surface area contributed by atoms with E-state index in [0.29, 0.717) is 5.69 Å². The average Bonchev–Trinajstić information content (AvgIpc) is 2.69. The van der Waals surface area contributed by atoms with Crippen LogP contribution in [0.25, 0.3) is 5.13 Å². The largest absolute Gasteiger partial charge is 0.507 e. The van der Waals surface area contributed by atoms with Crippen molar-refractivity contribution in [1.29, 1.82) is 0 Å². The highest BCUT2D eigenvalue weighted by molar-refractivity contribution is 7.07. The van der Waals surface area contributed by atoms with Crippen LogP contribution in [0.3, 0.4) is 0 Å². The van der Waals surface area contributed by atoms with Gasteiger partial charge >= 0.3 is 0 Å². The number of hydrogen-bond donors (Lipinski definition) is 1. The predicted octanol–water partition coefficient (Wildman–Crippen LogP) is 0.301. The van der Waals surface area contributed by atoms with Crippen LogP contribution < -0.4 is 5.56 Å². The molecule has 0 aromatic carbocycles. The molecule has 88 valence electrons. The summed E-state index contributed by atoms with van der Waals surface area (Å²) in [5, 5.41) is 16.9. The number of Topliss-reactive ketones (excluding diaryl/α,β-unsaturated/α-hetero) is 1. The van der Waals surface area contributed by atoms with E-state index in [-0.39, 0.29) is 16.4 Å². The van der Waals surface area contributed by atoms with E-state index in [2.05, 4.69) is 14.8 Å². The molecular weight excluding hydrogens is 244 g/mol. The Bertz CT molecular complexity index is 632. The van der Waals surface area contributed by atoms with Crippen LogP contribution in [0.15, 0.2) is 10.9 Å². The van der Waals surface area contributed by atoms with E-state index in [1.165, 1.54) is 17.6 Å². The van der Waals surface area contributed by atoms with Crippen molar-refractivity contribution in [1.82, 2.24) is 19.4 Å². The highest BCUT2D eigenvalue weighted by Gasteiger charge is 2.18. The number of pyridine rings is 1. The van der Waals surface area contributed by atoms with Gasteiger partial charge in [-0.15, -0.1) is 0 Å². The summed E-state index contributed by atoms with van der Waals surface area (Å²) in [6.45, 7) is 2.83. The summed E-state index contributed by atoms with van der Waals surface area (Å²) in [7, 11) is 0. The lowest BCUT2D eigenvalue weighted by Gasteiger charge is -2.08. The first kappa shape index (κ1) is 11.4. The van der Waals surface area contributed by atoms with Gasteiger partial charge in [0.2, 0.25) is 5.13 Å². The van der Waals surface area contributed by atoms with Gasteiger partial charge in [-0.2, -0.15) is 0 Å². The molecule has 0 fully saturated rings. The SMILES string of the molecule is CC(=O)c1c(O)cc(C)n(-c2nnns2)c1=O. The Morgan fingerprint density at radius 1 is 1.53 bits per heavy atom. The van der Waals surface area contributed by atoms with Gasteiger partial charge in [0, 0.05) is 23.3 Å². The van der Waals surface area contributed by atoms with E-state index in [0.717, 1.165) is 11.5 Å². The Morgan fingerprint density at radius 3 is 2.76 bits per heavy atom. The van der Waals surface area contributed by atoms with E-state index in [4.69, 9.17) is 0 Å². The normalized spacial score (nSPS) is 10.5. The molecule has 0 aliphatic heterocycles. The van der Waals surface area contributed by atoms with Gasteiger partial charge in [-0.3, -0.25) is 14.2 Å². The van der Waals surface area contributed by atoms with Crippen LogP contribution in [0.4, 0.5) is 0 Å². The third-order valence-corrected chi connectivity index (χ3v) is 2.79. The van der Waals surface area contributed by atoms with Crippen molar-refractivity contribution in [3.8, 4) is 10.9 Å². The number of aromatic hydroxyl groups is 1. The van der Waals surface area contributed by atoms with Crippen molar-refractivity contribution in [2.24, 2.45) is 0 Å². The molecule has 2 rings (SSSR count). The Morgan fingerprint density at radius 2 is 2.24 bits per heavy atom. The molecule has 2 aromatic heterocycles. The molecule has 0 spiro atoms. The van der Waals surface area contributed by atoms with Gasteiger partial charge in [0.15, 0.2) is 5.78 Å². The first-order valence-corrected chi connectivity index (χ1v) is 5.41. The molecule has 2 heterocycles. The molecule has 0 aliphatic carbocycles. The Labute approximate surface area is 99.5 Å². The zero-order valence-corrected chi connectivity index (χ0v) is 9.85. The molecule has 0 atom stereocenters. The summed E-state index contributed by atoms with van der Waals surface area (Å²) >= 11 is 0.928. The molecule has 0 bridgehead atoms. The first-order chi connectivity index (χ1) is 8.02. The summed E-state index contributed by atoms with van der Waals surface area (Å²) in [6, 6.07) is 1.33. The van der Waals surface area contributed by atoms with E-state index < -0.39 is 11.3 Å². The molecule has 8 heteroatoms. The minimum Gasteiger partial charge on any atom is -0.507 e. The zero-order chi connectivity index (χ0) is 12.6. The summed E-state index contributed by atoms with van der Waals surface area (Å²) in [5.74, 6) is -0.826. The highest BCUT2D eigenvalue weighted by atomic mass is 32.1. The van der Waals surface area contributed by atoms with Crippen LogP contribution in [0.5, 0.6) is 5.75 Å². The molecule has 17 heavy (non-hydrogen) atoms. The summed E-state index contributed by atoms with van der Waals surface area (Å²) in [4.78, 5) is 23.3. The Hall–Kier alpha value is -2.09. The Balaban J connectivity index is 2.82. The predicted molar refractivity (Wildman–Crippen MR) is 59.7 cm³/mol. The lowest BCUT2D eigenvalue weighted by atomic mass is 10.1. The molecule has 0 amide bonds. The fourth-order valence-corrected chi connectivity index (χ4v) is 2.03. The van der Waals surface area contributed by atoms with Crippen molar-refractivity contribution in [3.05, 3.63) is 27.7 Å². The summed E-state index contributed by atoms with van der Waals surface area (Å²) < 4.78 is 4.75. The minimum absolute atomic E-state index is 0.259. The molecule has 1 N–H and O–H groups in total. The molecule has 0 radical (unpaired) electrons. The number of nitrogens with zero attached hydrogens (tertiary/aromatic N) is 4. The number of ketones is 1. The van der Waals surface area contributed by atoms with Gasteiger partial charge in [-0.05, 0) is 19.1 Å². The summed E-state index contributed by atoms with van der Waals surface area (Å²) in [6.07, 6.45) is 0. The van der Waals surface area contributed by atoms with Gasteiger partial charge in [-0.25, -0.2) is 0 Å². The first-order valence-electron chi connectivity index (χ1n) is 4.64. The molecular formula is C9H8N4O3S. The number of carbonyl (C=O) groups excluding carboxylic acids is 1. The van der Waals surface area contributed by atoms with Gasteiger partial charge in [0.05, 0.1) is 0 Å². The van der Waals surface area contributed by atoms with Crippen LogP contribution in [0.1, 0.15) is 23.0 Å². The second-order valence-electron chi connectivity index (χ2n) is 3.39. The Kier molecular flexibility index (Phi) is 2.72. The van der Waals surface area contributed by atoms with E-state index in [1.807, 2.05) is 0 Å². The third kappa shape index (κ3) is 1.82. The second-order valence-corrected chi connectivity index (χ2v) is 4.10. The van der Waals surface area contributed by atoms with Crippen molar-refractivity contribution in [2.45, 2.75) is 13.8 Å². The monoisotopic (exact) mass is 252 g/mol. The maximum Gasteiger partial charge on any atom is 0.271 e. The number of aryl methyl sites for hydroxylation is 1. The molecule has 0 saturated heterocycles. The van der Waals surface area contributed by atoms with Crippen LogP contribution in [0, 0.1) is 6.92 Å². The maximum absolute atomic E-state index is 12.0. The van der Waals surface area contributed by atoms with Crippen molar-refractivity contribution >= 4 is 17.3 Å². The zero-order valence-electron chi connectivity index (χ0n) is 9.04. The van der Waals surface area contributed by atoms with Crippen LogP contribution >= 0.6 is 11.5 Å². The van der Waals surface area contributed by atoms with Gasteiger partial charge in [-0.1, -0.05) is 9.59 Å². The molecule has 2 aromatic rings. The second kappa shape index (κ2) is 4.06. The topological polar surface area (TPSA) is 98.0 Å². The molecule has 0 unspecified atom stereocenters. The summed E-state index contributed by atoms with van der Waals surface area (Å²) in [5.41, 5.74) is -0.421. The van der Waals surface area contributed by atoms with Crippen LogP contribution in [-0.4, -0.2) is 30.3 Å². The smallest absolute Gasteiger partial charge is 0.271 e. The number of aromatic nitrogens is 4. The van der Waals surface area contributed by atoms with Gasteiger partial charge < -0.3 is 5.11 Å². The lowest BCUT2D eigenvalue weighted by Crippen LogP contribution is -2.26. The number of hydrogen-bond acceptors (Lipinski definition) is 7. The third-order valence-electron chi connectivity index (χ3n) is 2.20. The number of rotatable bonds is 2.